The van der Waals surface area contributed by atoms with Gasteiger partial charge < -0.3 is 24.3 Å². The molecule has 2 saturated heterocycles. The summed E-state index contributed by atoms with van der Waals surface area (Å²) in [6.45, 7) is 0.504. The van der Waals surface area contributed by atoms with E-state index in [4.69, 9.17) is 18.9 Å². The third-order valence-electron chi connectivity index (χ3n) is 11.3. The number of ether oxygens (including phenoxy) is 4. The molecule has 1 N–H and O–H groups in total. The van der Waals surface area contributed by atoms with Crippen LogP contribution in [0.1, 0.15) is 53.2 Å². The average molecular weight is 903 g/mol. The summed E-state index contributed by atoms with van der Waals surface area (Å²) < 4.78 is 84.6. The normalized spacial score (nSPS) is 19.4. The molecule has 3 fully saturated rings. The Labute approximate surface area is 367 Å². The topological polar surface area (TPSA) is 172 Å². The number of Topliss-reactive ketones (excluding diaryl/α,β-unsaturated/α-hetero) is 1. The minimum atomic E-state index is -5.64. The molecular weight excluding hydrogens is 864 g/mol. The van der Waals surface area contributed by atoms with Crippen molar-refractivity contribution >= 4 is 53.2 Å². The molecule has 3 aliphatic rings. The van der Waals surface area contributed by atoms with Gasteiger partial charge in [-0.05, 0) is 94.8 Å². The molecule has 65 heavy (non-hydrogen) atoms. The fourth-order valence-electron chi connectivity index (χ4n) is 8.08. The number of nitrogens with one attached hydrogen (secondary N) is 1. The first-order valence-corrected chi connectivity index (χ1v) is 20.3. The highest BCUT2D eigenvalue weighted by atomic mass is 19.4. The smallest absolute Gasteiger partial charge is 0.453 e. The molecule has 2 heterocycles. The van der Waals surface area contributed by atoms with E-state index in [-0.39, 0.29) is 60.6 Å². The summed E-state index contributed by atoms with van der Waals surface area (Å²) in [6, 6.07) is 23.2. The molecule has 1 aliphatic carbocycles. The van der Waals surface area contributed by atoms with Crippen LogP contribution in [-0.4, -0.2) is 66.7 Å². The van der Waals surface area contributed by atoms with Crippen molar-refractivity contribution in [3.63, 3.8) is 0 Å². The fourth-order valence-corrected chi connectivity index (χ4v) is 8.08. The number of amides is 3. The van der Waals surface area contributed by atoms with Crippen molar-refractivity contribution in [2.45, 2.75) is 51.5 Å². The molecule has 13 nitrogen and oxygen atoms in total. The first kappa shape index (κ1) is 45.8. The van der Waals surface area contributed by atoms with Gasteiger partial charge in [0, 0.05) is 38.3 Å². The highest BCUT2D eigenvalue weighted by molar-refractivity contribution is 6.29. The van der Waals surface area contributed by atoms with E-state index in [9.17, 15) is 55.5 Å². The summed E-state index contributed by atoms with van der Waals surface area (Å²) in [5, 5.41) is 2.64. The summed E-state index contributed by atoms with van der Waals surface area (Å²) >= 11 is 0. The molecule has 0 bridgehead atoms. The Kier molecular flexibility index (Phi) is 13.3. The van der Waals surface area contributed by atoms with Gasteiger partial charge in [0.2, 0.25) is 17.7 Å². The van der Waals surface area contributed by atoms with E-state index in [2.05, 4.69) is 5.32 Å². The maximum absolute atomic E-state index is 13.8. The van der Waals surface area contributed by atoms with Crippen molar-refractivity contribution in [1.82, 2.24) is 5.32 Å². The number of ketones is 1. The van der Waals surface area contributed by atoms with Crippen molar-refractivity contribution in [1.29, 1.82) is 0 Å². The zero-order chi connectivity index (χ0) is 46.6. The zero-order valence-corrected chi connectivity index (χ0v) is 34.4. The maximum atomic E-state index is 13.8. The van der Waals surface area contributed by atoms with Crippen molar-refractivity contribution in [3.05, 3.63) is 119 Å². The molecule has 2 aliphatic heterocycles. The predicted octanol–water partition coefficient (Wildman–Crippen LogP) is 7.19. The van der Waals surface area contributed by atoms with Crippen LogP contribution in [0.4, 0.5) is 27.6 Å². The van der Waals surface area contributed by atoms with Gasteiger partial charge >= 0.3 is 30.0 Å². The van der Waals surface area contributed by atoms with Gasteiger partial charge in [-0.15, -0.1) is 0 Å². The lowest BCUT2D eigenvalue weighted by molar-refractivity contribution is -0.284. The monoisotopic (exact) mass is 902 g/mol. The van der Waals surface area contributed by atoms with Crippen LogP contribution in [0.2, 0.25) is 0 Å². The SMILES string of the molecule is CC(=O)OCc1cc(N2C(=O)C3C(=O)C4CNC(=O)CC4C3C2=O)ccc1-c1ccccc1COC(=O)/C=C/c1ccc(OC(=O)c2ccc(OCCCC(F)(F)C(F)(F)F)cc2)cc1. The van der Waals surface area contributed by atoms with Gasteiger partial charge in [0.05, 0.1) is 23.8 Å². The zero-order valence-electron chi connectivity index (χ0n) is 34.4. The van der Waals surface area contributed by atoms with Crippen molar-refractivity contribution in [3.8, 4) is 22.6 Å². The van der Waals surface area contributed by atoms with Crippen LogP contribution in [0.5, 0.6) is 11.5 Å². The highest BCUT2D eigenvalue weighted by Gasteiger charge is 2.64. The van der Waals surface area contributed by atoms with Crippen molar-refractivity contribution < 1.29 is 74.5 Å². The minimum absolute atomic E-state index is 0.0329. The fraction of sp³-hybridized carbons (Fsp3) is 0.298. The van der Waals surface area contributed by atoms with E-state index in [1.807, 2.05) is 0 Å². The van der Waals surface area contributed by atoms with Gasteiger partial charge in [-0.25, -0.2) is 14.5 Å². The van der Waals surface area contributed by atoms with Crippen LogP contribution in [0, 0.1) is 23.7 Å². The summed E-state index contributed by atoms with van der Waals surface area (Å²) in [5.74, 6) is -11.7. The number of piperidine rings is 1. The molecule has 18 heteroatoms. The summed E-state index contributed by atoms with van der Waals surface area (Å²) in [4.78, 5) is 91.3. The van der Waals surface area contributed by atoms with Crippen molar-refractivity contribution in [2.24, 2.45) is 23.7 Å². The summed E-state index contributed by atoms with van der Waals surface area (Å²) in [6.07, 6.45) is -4.97. The molecule has 0 radical (unpaired) electrons. The molecule has 1 saturated carbocycles. The maximum Gasteiger partial charge on any atom is 0.453 e. The van der Waals surface area contributed by atoms with Crippen molar-refractivity contribution in [2.75, 3.05) is 18.1 Å². The summed E-state index contributed by atoms with van der Waals surface area (Å²) in [7, 11) is 0. The number of rotatable bonds is 15. The van der Waals surface area contributed by atoms with E-state index in [0.717, 1.165) is 4.90 Å². The number of carbonyl (C=O) groups excluding carboxylic acids is 7. The van der Waals surface area contributed by atoms with E-state index < -0.39 is 84.9 Å². The highest BCUT2D eigenvalue weighted by Crippen LogP contribution is 2.49. The number of anilines is 1. The second-order valence-electron chi connectivity index (χ2n) is 15.6. The number of imide groups is 1. The molecule has 0 spiro atoms. The molecule has 3 amide bonds. The van der Waals surface area contributed by atoms with Gasteiger partial charge in [0.1, 0.15) is 30.6 Å². The Morgan fingerprint density at radius 3 is 2.18 bits per heavy atom. The number of halogens is 5. The Hall–Kier alpha value is -7.24. The van der Waals surface area contributed by atoms with Gasteiger partial charge in [-0.1, -0.05) is 42.5 Å². The molecule has 4 atom stereocenters. The third-order valence-corrected chi connectivity index (χ3v) is 11.3. The number of nitrogens with zero attached hydrogens (tertiary/aromatic N) is 1. The molecule has 4 unspecified atom stereocenters. The van der Waals surface area contributed by atoms with Gasteiger partial charge in [0.15, 0.2) is 5.78 Å². The molecule has 4 aromatic rings. The Morgan fingerprint density at radius 1 is 0.800 bits per heavy atom. The van der Waals surface area contributed by atoms with Crippen LogP contribution in [0.3, 0.4) is 0 Å². The van der Waals surface area contributed by atoms with Crippen LogP contribution >= 0.6 is 0 Å². The standard InChI is InChI=1S/C47H39F5N2O11/c1-26(55)63-25-30-21-31(54-43(59)40-36-22-38(56)53-23-37(36)42(58)41(40)44(54)60)12-17-35(30)34-6-3-2-5-29(34)24-64-39(57)18-9-27-7-13-33(14-8-27)65-45(61)28-10-15-32(16-11-28)62-20-4-19-46(48,49)47(50,51)52/h2-3,5-18,21,36-37,40-41H,4,19-20,22-25H2,1H3,(H,53,56)/b18-9+. The van der Waals surface area contributed by atoms with Crippen LogP contribution in [-0.2, 0) is 51.5 Å². The molecule has 0 aromatic heterocycles. The molecule has 338 valence electrons. The number of carbonyl (C=O) groups is 7. The molecular formula is C47H39F5N2O11. The van der Waals surface area contributed by atoms with E-state index in [1.54, 1.807) is 48.5 Å². The Morgan fingerprint density at radius 2 is 1.48 bits per heavy atom. The molecule has 4 aromatic carbocycles. The Balaban J connectivity index is 0.953. The van der Waals surface area contributed by atoms with Gasteiger partial charge in [0.25, 0.3) is 0 Å². The van der Waals surface area contributed by atoms with Gasteiger partial charge in [-0.3, -0.25) is 24.0 Å². The predicted molar refractivity (Wildman–Crippen MR) is 219 cm³/mol. The quantitative estimate of drug-likeness (QED) is 0.0244. The first-order valence-electron chi connectivity index (χ1n) is 20.3. The van der Waals surface area contributed by atoms with Crippen LogP contribution < -0.4 is 19.7 Å². The number of fused-ring (bicyclic) bond motifs is 3. The lowest BCUT2D eigenvalue weighted by Crippen LogP contribution is -2.45. The molecule has 7 rings (SSSR count). The first-order chi connectivity index (χ1) is 30.9. The summed E-state index contributed by atoms with van der Waals surface area (Å²) in [5.41, 5.74) is 2.98. The number of esters is 3. The van der Waals surface area contributed by atoms with E-state index in [0.29, 0.717) is 27.8 Å². The van der Waals surface area contributed by atoms with E-state index >= 15 is 0 Å². The van der Waals surface area contributed by atoms with Gasteiger partial charge in [-0.2, -0.15) is 22.0 Å². The lowest BCUT2D eigenvalue weighted by Gasteiger charge is -2.28. The number of hydrogen-bond acceptors (Lipinski definition) is 11. The van der Waals surface area contributed by atoms with E-state index in [1.165, 1.54) is 61.5 Å². The number of alkyl halides is 5. The van der Waals surface area contributed by atoms with Crippen LogP contribution in [0.15, 0.2) is 97.1 Å². The number of benzene rings is 4. The third kappa shape index (κ3) is 10.1. The average Bonchev–Trinajstić information content (AvgIpc) is 3.71. The minimum Gasteiger partial charge on any atom is -0.494 e. The number of hydrogen-bond donors (Lipinski definition) is 1. The lowest BCUT2D eigenvalue weighted by atomic mass is 9.83. The Bertz CT molecular complexity index is 2560. The largest absolute Gasteiger partial charge is 0.494 e. The second-order valence-corrected chi connectivity index (χ2v) is 15.6. The second kappa shape index (κ2) is 18.8. The van der Waals surface area contributed by atoms with Crippen LogP contribution in [0.25, 0.3) is 17.2 Å².